The van der Waals surface area contributed by atoms with Gasteiger partial charge in [-0.2, -0.15) is 13.2 Å². The number of hydrogen-bond donors (Lipinski definition) is 1. The molecule has 6 heteroatoms. The van der Waals surface area contributed by atoms with Crippen molar-refractivity contribution in [1.29, 1.82) is 0 Å². The zero-order valence-electron chi connectivity index (χ0n) is 7.91. The van der Waals surface area contributed by atoms with Gasteiger partial charge in [-0.15, -0.1) is 24.2 Å². The third kappa shape index (κ3) is 3.59. The lowest BCUT2D eigenvalue weighted by Crippen LogP contribution is -2.28. The summed E-state index contributed by atoms with van der Waals surface area (Å²) in [5, 5.41) is 0. The highest BCUT2D eigenvalue weighted by Gasteiger charge is 2.38. The topological polar surface area (TPSA) is 26.0 Å². The second-order valence-electron chi connectivity index (χ2n) is 2.76. The van der Waals surface area contributed by atoms with E-state index in [9.17, 15) is 13.2 Å². The maximum atomic E-state index is 12.3. The number of rotatable bonds is 2. The van der Waals surface area contributed by atoms with Gasteiger partial charge < -0.3 is 5.73 Å². The lowest BCUT2D eigenvalue weighted by atomic mass is 10.1. The van der Waals surface area contributed by atoms with Crippen LogP contribution in [-0.4, -0.2) is 12.4 Å². The first-order valence-corrected chi connectivity index (χ1v) is 5.14. The Labute approximate surface area is 96.6 Å². The van der Waals surface area contributed by atoms with E-state index in [-0.39, 0.29) is 18.0 Å². The fourth-order valence-electron chi connectivity index (χ4n) is 1.10. The molecule has 0 saturated heterocycles. The molecule has 0 heterocycles. The Balaban J connectivity index is 0.00000196. The largest absolute Gasteiger partial charge is 0.407 e. The molecule has 1 rings (SSSR count). The number of nitrogens with two attached hydrogens (primary N) is 1. The molecule has 1 unspecified atom stereocenters. The Hall–Kier alpha value is -0.390. The second kappa shape index (κ2) is 5.63. The van der Waals surface area contributed by atoms with E-state index in [2.05, 4.69) is 0 Å². The van der Waals surface area contributed by atoms with Crippen molar-refractivity contribution < 1.29 is 13.2 Å². The van der Waals surface area contributed by atoms with E-state index in [1.54, 1.807) is 24.5 Å². The van der Waals surface area contributed by atoms with Gasteiger partial charge in [-0.05, 0) is 17.9 Å². The van der Waals surface area contributed by atoms with Crippen LogP contribution < -0.4 is 5.73 Å². The summed E-state index contributed by atoms with van der Waals surface area (Å²) in [5.41, 5.74) is 5.24. The molecule has 86 valence electrons. The van der Waals surface area contributed by atoms with Crippen molar-refractivity contribution in [1.82, 2.24) is 0 Å². The van der Waals surface area contributed by atoms with Gasteiger partial charge in [0.05, 0.1) is 0 Å². The monoisotopic (exact) mass is 257 g/mol. The van der Waals surface area contributed by atoms with Crippen LogP contribution in [0.2, 0.25) is 0 Å². The molecule has 1 atom stereocenters. The summed E-state index contributed by atoms with van der Waals surface area (Å²) in [6.07, 6.45) is -2.66. The smallest absolute Gasteiger partial charge is 0.316 e. The minimum atomic E-state index is -4.38. The molecule has 1 aromatic carbocycles. The Morgan fingerprint density at radius 1 is 1.27 bits per heavy atom. The van der Waals surface area contributed by atoms with Crippen LogP contribution in [0.4, 0.5) is 13.2 Å². The van der Waals surface area contributed by atoms with Crippen molar-refractivity contribution in [2.24, 2.45) is 5.73 Å². The van der Waals surface area contributed by atoms with Crippen LogP contribution in [0.25, 0.3) is 0 Å². The molecule has 0 saturated carbocycles. The van der Waals surface area contributed by atoms with Gasteiger partial charge in [0.25, 0.3) is 0 Å². The van der Waals surface area contributed by atoms with Crippen LogP contribution in [0.1, 0.15) is 11.6 Å². The van der Waals surface area contributed by atoms with E-state index in [0.717, 1.165) is 0 Å². The van der Waals surface area contributed by atoms with Crippen molar-refractivity contribution >= 4 is 24.2 Å². The van der Waals surface area contributed by atoms with Gasteiger partial charge >= 0.3 is 6.18 Å². The standard InChI is InChI=1S/C9H10F3NS.ClH/c1-14-7-5-3-2-4-6(7)8(13)9(10,11)12;/h2-5,8H,13H2,1H3;1H. The highest BCUT2D eigenvalue weighted by Crippen LogP contribution is 2.34. The van der Waals surface area contributed by atoms with E-state index in [4.69, 9.17) is 5.73 Å². The summed E-state index contributed by atoms with van der Waals surface area (Å²) >= 11 is 1.26. The van der Waals surface area contributed by atoms with Gasteiger partial charge in [-0.1, -0.05) is 18.2 Å². The van der Waals surface area contributed by atoms with Crippen LogP contribution in [0.5, 0.6) is 0 Å². The summed E-state index contributed by atoms with van der Waals surface area (Å²) in [6.45, 7) is 0. The van der Waals surface area contributed by atoms with Gasteiger partial charge in [-0.3, -0.25) is 0 Å². The molecule has 0 aliphatic carbocycles. The average molecular weight is 258 g/mol. The van der Waals surface area contributed by atoms with Crippen molar-refractivity contribution in [3.8, 4) is 0 Å². The molecule has 0 radical (unpaired) electrons. The Morgan fingerprint density at radius 3 is 2.27 bits per heavy atom. The van der Waals surface area contributed by atoms with Crippen LogP contribution in [0.3, 0.4) is 0 Å². The van der Waals surface area contributed by atoms with Crippen molar-refractivity contribution in [2.45, 2.75) is 17.1 Å². The molecule has 1 aromatic rings. The van der Waals surface area contributed by atoms with Crippen LogP contribution in [-0.2, 0) is 0 Å². The second-order valence-corrected chi connectivity index (χ2v) is 3.61. The lowest BCUT2D eigenvalue weighted by molar-refractivity contribution is -0.149. The Morgan fingerprint density at radius 2 is 1.80 bits per heavy atom. The normalized spacial score (nSPS) is 13.1. The summed E-state index contributed by atoms with van der Waals surface area (Å²) in [4.78, 5) is 0.567. The first-order chi connectivity index (χ1) is 6.46. The van der Waals surface area contributed by atoms with Crippen molar-refractivity contribution in [3.63, 3.8) is 0 Å². The third-order valence-electron chi connectivity index (χ3n) is 1.83. The minimum Gasteiger partial charge on any atom is -0.316 e. The molecule has 0 aliphatic rings. The molecule has 0 aromatic heterocycles. The molecule has 0 amide bonds. The van der Waals surface area contributed by atoms with Crippen LogP contribution >= 0.6 is 24.2 Å². The quantitative estimate of drug-likeness (QED) is 0.822. The van der Waals surface area contributed by atoms with Crippen molar-refractivity contribution in [2.75, 3.05) is 6.26 Å². The third-order valence-corrected chi connectivity index (χ3v) is 2.64. The molecule has 0 aliphatic heterocycles. The molecule has 15 heavy (non-hydrogen) atoms. The highest BCUT2D eigenvalue weighted by atomic mass is 35.5. The number of thioether (sulfide) groups is 1. The molecular formula is C9H11ClF3NS. The fraction of sp³-hybridized carbons (Fsp3) is 0.333. The van der Waals surface area contributed by atoms with E-state index >= 15 is 0 Å². The zero-order valence-corrected chi connectivity index (χ0v) is 9.55. The number of benzene rings is 1. The van der Waals surface area contributed by atoms with E-state index < -0.39 is 12.2 Å². The SMILES string of the molecule is CSc1ccccc1C(N)C(F)(F)F.Cl. The average Bonchev–Trinajstić information content (AvgIpc) is 2.15. The first-order valence-electron chi connectivity index (χ1n) is 3.92. The molecule has 0 spiro atoms. The summed E-state index contributed by atoms with van der Waals surface area (Å²) < 4.78 is 37.0. The van der Waals surface area contributed by atoms with Crippen molar-refractivity contribution in [3.05, 3.63) is 29.8 Å². The molecule has 0 bridgehead atoms. The van der Waals surface area contributed by atoms with Gasteiger partial charge in [0, 0.05) is 4.90 Å². The zero-order chi connectivity index (χ0) is 10.8. The van der Waals surface area contributed by atoms with Gasteiger partial charge in [-0.25, -0.2) is 0 Å². The first kappa shape index (κ1) is 14.6. The van der Waals surface area contributed by atoms with Crippen LogP contribution in [0.15, 0.2) is 29.2 Å². The van der Waals surface area contributed by atoms with Crippen LogP contribution in [0, 0.1) is 0 Å². The van der Waals surface area contributed by atoms with Gasteiger partial charge in [0.2, 0.25) is 0 Å². The van der Waals surface area contributed by atoms with E-state index in [1.165, 1.54) is 17.8 Å². The predicted octanol–water partition coefficient (Wildman–Crippen LogP) is 3.39. The molecule has 1 nitrogen and oxygen atoms in total. The minimum absolute atomic E-state index is 0. The molecule has 2 N–H and O–H groups in total. The number of hydrogen-bond acceptors (Lipinski definition) is 2. The summed E-state index contributed by atoms with van der Waals surface area (Å²) in [5.74, 6) is 0. The predicted molar refractivity (Wildman–Crippen MR) is 58.5 cm³/mol. The maximum absolute atomic E-state index is 12.3. The summed E-state index contributed by atoms with van der Waals surface area (Å²) in [7, 11) is 0. The van der Waals surface area contributed by atoms with Gasteiger partial charge in [0.15, 0.2) is 0 Å². The lowest BCUT2D eigenvalue weighted by Gasteiger charge is -2.18. The fourth-order valence-corrected chi connectivity index (χ4v) is 1.75. The Bertz CT molecular complexity index is 316. The Kier molecular flexibility index (Phi) is 5.48. The number of halogens is 4. The number of alkyl halides is 3. The summed E-state index contributed by atoms with van der Waals surface area (Å²) in [6, 6.07) is 4.39. The van der Waals surface area contributed by atoms with Gasteiger partial charge in [0.1, 0.15) is 6.04 Å². The van der Waals surface area contributed by atoms with E-state index in [1.807, 2.05) is 0 Å². The molecule has 0 fully saturated rings. The highest BCUT2D eigenvalue weighted by molar-refractivity contribution is 7.98. The molecular weight excluding hydrogens is 247 g/mol. The maximum Gasteiger partial charge on any atom is 0.407 e. The van der Waals surface area contributed by atoms with E-state index in [0.29, 0.717) is 4.90 Å².